The number of amides is 2. The monoisotopic (exact) mass is 419 g/mol. The Balaban J connectivity index is 1.90. The number of para-hydroxylation sites is 2. The molecule has 2 amide bonds. The van der Waals surface area contributed by atoms with Crippen LogP contribution in [0.5, 0.6) is 0 Å². The first-order valence-corrected chi connectivity index (χ1v) is 9.74. The van der Waals surface area contributed by atoms with E-state index in [1.165, 1.54) is 12.1 Å². The van der Waals surface area contributed by atoms with Crippen LogP contribution in [0.4, 0.5) is 24.5 Å². The van der Waals surface area contributed by atoms with Crippen LogP contribution in [0.3, 0.4) is 0 Å². The molecular weight excluding hydrogens is 395 g/mol. The van der Waals surface area contributed by atoms with Gasteiger partial charge >= 0.3 is 6.18 Å². The SMILES string of the molecule is CC(C)C(NCC(=O)N1c2ccccc2NC(=O)CC1C(F)(F)F)c1ccccc1. The summed E-state index contributed by atoms with van der Waals surface area (Å²) in [6.45, 7) is 3.64. The van der Waals surface area contributed by atoms with Crippen LogP contribution in [-0.4, -0.2) is 30.6 Å². The van der Waals surface area contributed by atoms with Gasteiger partial charge in [0.15, 0.2) is 0 Å². The van der Waals surface area contributed by atoms with Crippen LogP contribution in [0.2, 0.25) is 0 Å². The highest BCUT2D eigenvalue weighted by Gasteiger charge is 2.48. The van der Waals surface area contributed by atoms with Crippen molar-refractivity contribution in [2.45, 2.75) is 38.5 Å². The summed E-state index contributed by atoms with van der Waals surface area (Å²) in [5, 5.41) is 5.57. The molecule has 1 heterocycles. The summed E-state index contributed by atoms with van der Waals surface area (Å²) in [6, 6.07) is 13.0. The highest BCUT2D eigenvalue weighted by molar-refractivity contribution is 6.05. The lowest BCUT2D eigenvalue weighted by Gasteiger charge is -2.32. The second-order valence-corrected chi connectivity index (χ2v) is 7.60. The lowest BCUT2D eigenvalue weighted by atomic mass is 9.96. The van der Waals surface area contributed by atoms with Gasteiger partial charge in [-0.3, -0.25) is 14.5 Å². The Labute approximate surface area is 173 Å². The molecule has 2 atom stereocenters. The van der Waals surface area contributed by atoms with Crippen molar-refractivity contribution in [3.63, 3.8) is 0 Å². The van der Waals surface area contributed by atoms with Gasteiger partial charge in [-0.2, -0.15) is 13.2 Å². The number of hydrogen-bond donors (Lipinski definition) is 2. The third-order valence-corrected chi connectivity index (χ3v) is 5.07. The Hall–Kier alpha value is -2.87. The van der Waals surface area contributed by atoms with Gasteiger partial charge in [-0.15, -0.1) is 0 Å². The molecule has 2 aromatic rings. The van der Waals surface area contributed by atoms with Crippen molar-refractivity contribution in [2.24, 2.45) is 5.92 Å². The third-order valence-electron chi connectivity index (χ3n) is 5.07. The fourth-order valence-electron chi connectivity index (χ4n) is 3.68. The van der Waals surface area contributed by atoms with Crippen molar-refractivity contribution in [3.8, 4) is 0 Å². The largest absolute Gasteiger partial charge is 0.409 e. The number of halogens is 3. The van der Waals surface area contributed by atoms with E-state index in [2.05, 4.69) is 10.6 Å². The average molecular weight is 419 g/mol. The lowest BCUT2D eigenvalue weighted by Crippen LogP contribution is -2.52. The molecule has 0 fully saturated rings. The van der Waals surface area contributed by atoms with Crippen molar-refractivity contribution in [2.75, 3.05) is 16.8 Å². The predicted octanol–water partition coefficient (Wildman–Crippen LogP) is 4.28. The van der Waals surface area contributed by atoms with Gasteiger partial charge < -0.3 is 10.6 Å². The summed E-state index contributed by atoms with van der Waals surface area (Å²) in [7, 11) is 0. The Morgan fingerprint density at radius 3 is 2.40 bits per heavy atom. The van der Waals surface area contributed by atoms with Crippen LogP contribution in [0.15, 0.2) is 54.6 Å². The van der Waals surface area contributed by atoms with Crippen molar-refractivity contribution in [3.05, 3.63) is 60.2 Å². The van der Waals surface area contributed by atoms with E-state index < -0.39 is 30.5 Å². The molecule has 2 aromatic carbocycles. The molecule has 2 N–H and O–H groups in total. The van der Waals surface area contributed by atoms with E-state index in [4.69, 9.17) is 0 Å². The molecule has 0 bridgehead atoms. The number of nitrogens with zero attached hydrogens (tertiary/aromatic N) is 1. The second-order valence-electron chi connectivity index (χ2n) is 7.60. The van der Waals surface area contributed by atoms with Gasteiger partial charge in [0.25, 0.3) is 0 Å². The smallest absolute Gasteiger partial charge is 0.324 e. The number of anilines is 2. The fourth-order valence-corrected chi connectivity index (χ4v) is 3.68. The molecule has 0 aliphatic carbocycles. The van der Waals surface area contributed by atoms with Crippen molar-refractivity contribution in [1.29, 1.82) is 0 Å². The zero-order valence-electron chi connectivity index (χ0n) is 16.7. The Morgan fingerprint density at radius 2 is 1.77 bits per heavy atom. The van der Waals surface area contributed by atoms with E-state index in [1.54, 1.807) is 12.1 Å². The Bertz CT molecular complexity index is 900. The van der Waals surface area contributed by atoms with Crippen LogP contribution in [0.1, 0.15) is 31.9 Å². The molecule has 5 nitrogen and oxygen atoms in total. The molecule has 1 aliphatic rings. The normalized spacial score (nSPS) is 17.9. The van der Waals surface area contributed by atoms with Crippen LogP contribution in [0, 0.1) is 5.92 Å². The minimum atomic E-state index is -4.75. The van der Waals surface area contributed by atoms with Crippen molar-refractivity contribution >= 4 is 23.2 Å². The number of nitrogens with one attached hydrogen (secondary N) is 2. The minimum Gasteiger partial charge on any atom is -0.324 e. The number of benzene rings is 2. The van der Waals surface area contributed by atoms with Crippen LogP contribution >= 0.6 is 0 Å². The maximum absolute atomic E-state index is 13.8. The Kier molecular flexibility index (Phi) is 6.45. The fraction of sp³-hybridized carbons (Fsp3) is 0.364. The van der Waals surface area contributed by atoms with E-state index in [9.17, 15) is 22.8 Å². The number of alkyl halides is 3. The first-order valence-electron chi connectivity index (χ1n) is 9.74. The molecular formula is C22H24F3N3O2. The van der Waals surface area contributed by atoms with Gasteiger partial charge in [-0.1, -0.05) is 56.3 Å². The standard InChI is InChI=1S/C22H24F3N3O2/c1-14(2)21(15-8-4-3-5-9-15)26-13-20(30)28-17-11-7-6-10-16(17)27-19(29)12-18(28)22(23,24)25/h3-11,14,18,21,26H,12-13H2,1-2H3,(H,27,29). The highest BCUT2D eigenvalue weighted by Crippen LogP contribution is 2.37. The number of carbonyl (C=O) groups excluding carboxylic acids is 2. The molecule has 0 spiro atoms. The maximum atomic E-state index is 13.8. The molecule has 0 aromatic heterocycles. The molecule has 3 rings (SSSR count). The van der Waals surface area contributed by atoms with Gasteiger partial charge in [-0.25, -0.2) is 0 Å². The third kappa shape index (κ3) is 4.81. The van der Waals surface area contributed by atoms with E-state index >= 15 is 0 Å². The summed E-state index contributed by atoms with van der Waals surface area (Å²) in [4.78, 5) is 25.8. The quantitative estimate of drug-likeness (QED) is 0.761. The summed E-state index contributed by atoms with van der Waals surface area (Å²) in [5.41, 5.74) is 1.17. The second kappa shape index (κ2) is 8.87. The minimum absolute atomic E-state index is 0.0401. The van der Waals surface area contributed by atoms with Crippen molar-refractivity contribution in [1.82, 2.24) is 5.32 Å². The zero-order valence-corrected chi connectivity index (χ0v) is 16.7. The molecule has 0 radical (unpaired) electrons. The molecule has 1 aliphatic heterocycles. The zero-order chi connectivity index (χ0) is 21.9. The van der Waals surface area contributed by atoms with Crippen LogP contribution in [0.25, 0.3) is 0 Å². The topological polar surface area (TPSA) is 61.4 Å². The first-order chi connectivity index (χ1) is 14.2. The van der Waals surface area contributed by atoms with Gasteiger partial charge in [0.2, 0.25) is 11.8 Å². The van der Waals surface area contributed by atoms with Gasteiger partial charge in [0.1, 0.15) is 6.04 Å². The molecule has 160 valence electrons. The van der Waals surface area contributed by atoms with Gasteiger partial charge in [0, 0.05) is 6.04 Å². The molecule has 2 unspecified atom stereocenters. The van der Waals surface area contributed by atoms with Gasteiger partial charge in [-0.05, 0) is 23.6 Å². The number of carbonyl (C=O) groups is 2. The number of hydrogen-bond acceptors (Lipinski definition) is 3. The maximum Gasteiger partial charge on any atom is 0.409 e. The number of fused-ring (bicyclic) bond motifs is 1. The van der Waals surface area contributed by atoms with E-state index in [0.717, 1.165) is 5.56 Å². The predicted molar refractivity (Wildman–Crippen MR) is 109 cm³/mol. The molecule has 8 heteroatoms. The van der Waals surface area contributed by atoms with E-state index in [0.29, 0.717) is 4.90 Å². The van der Waals surface area contributed by atoms with Crippen molar-refractivity contribution < 1.29 is 22.8 Å². The first kappa shape index (κ1) is 21.8. The Morgan fingerprint density at radius 1 is 1.13 bits per heavy atom. The molecule has 0 saturated heterocycles. The van der Waals surface area contributed by atoms with Crippen LogP contribution in [-0.2, 0) is 9.59 Å². The van der Waals surface area contributed by atoms with Crippen LogP contribution < -0.4 is 15.5 Å². The van der Waals surface area contributed by atoms with E-state index in [1.807, 2.05) is 44.2 Å². The average Bonchev–Trinajstić information content (AvgIpc) is 2.84. The summed E-state index contributed by atoms with van der Waals surface area (Å²) < 4.78 is 41.4. The van der Waals surface area contributed by atoms with Gasteiger partial charge in [0.05, 0.1) is 24.3 Å². The lowest BCUT2D eigenvalue weighted by molar-refractivity contribution is -0.157. The highest BCUT2D eigenvalue weighted by atomic mass is 19.4. The summed E-state index contributed by atoms with van der Waals surface area (Å²) in [6.07, 6.45) is -5.60. The molecule has 0 saturated carbocycles. The summed E-state index contributed by atoms with van der Waals surface area (Å²) in [5.74, 6) is -1.42. The molecule has 30 heavy (non-hydrogen) atoms. The van der Waals surface area contributed by atoms with E-state index in [-0.39, 0.29) is 29.9 Å². The summed E-state index contributed by atoms with van der Waals surface area (Å²) >= 11 is 0. The number of rotatable bonds is 5.